The minimum atomic E-state index is -0.0895. The van der Waals surface area contributed by atoms with E-state index in [2.05, 4.69) is 11.0 Å². The van der Waals surface area contributed by atoms with Crippen molar-refractivity contribution in [2.75, 3.05) is 36.9 Å². The molecule has 0 bridgehead atoms. The Bertz CT molecular complexity index is 715. The number of hydrogen-bond donors (Lipinski definition) is 2. The molecule has 0 atom stereocenters. The molecule has 1 aliphatic rings. The Morgan fingerprint density at radius 3 is 2.77 bits per heavy atom. The van der Waals surface area contributed by atoms with Crippen molar-refractivity contribution in [1.82, 2.24) is 0 Å². The lowest BCUT2D eigenvalue weighted by atomic mass is 10.0. The van der Waals surface area contributed by atoms with Gasteiger partial charge in [-0.2, -0.15) is 5.26 Å². The molecule has 1 fully saturated rings. The molecule has 2 aromatic rings. The standard InChI is InChI=1S/C16H17N3O2S/c17-9-13-15(11-2-1-3-12(18)8-11)14(10-20)22-16(13)19-4-6-21-7-5-19/h1-3,8,20H,4-7,10,18H2. The summed E-state index contributed by atoms with van der Waals surface area (Å²) in [5, 5.41) is 20.3. The lowest BCUT2D eigenvalue weighted by Crippen LogP contribution is -2.36. The second-order valence-corrected chi connectivity index (χ2v) is 6.16. The number of benzene rings is 1. The van der Waals surface area contributed by atoms with Crippen molar-refractivity contribution in [1.29, 1.82) is 5.26 Å². The molecule has 6 heteroatoms. The van der Waals surface area contributed by atoms with E-state index in [-0.39, 0.29) is 6.61 Å². The van der Waals surface area contributed by atoms with E-state index in [1.54, 1.807) is 0 Å². The van der Waals surface area contributed by atoms with Crippen molar-refractivity contribution in [2.24, 2.45) is 0 Å². The number of nitrogen functional groups attached to an aromatic ring is 1. The third-order valence-corrected chi connectivity index (χ3v) is 4.93. The third kappa shape index (κ3) is 2.66. The number of anilines is 2. The summed E-state index contributed by atoms with van der Waals surface area (Å²) < 4.78 is 5.37. The van der Waals surface area contributed by atoms with E-state index in [1.165, 1.54) is 11.3 Å². The molecule has 0 saturated carbocycles. The van der Waals surface area contributed by atoms with E-state index in [4.69, 9.17) is 10.5 Å². The summed E-state index contributed by atoms with van der Waals surface area (Å²) in [4.78, 5) is 2.95. The van der Waals surface area contributed by atoms with Crippen LogP contribution >= 0.6 is 11.3 Å². The van der Waals surface area contributed by atoms with Crippen LogP contribution in [-0.4, -0.2) is 31.4 Å². The van der Waals surface area contributed by atoms with Crippen LogP contribution in [0.5, 0.6) is 0 Å². The molecule has 22 heavy (non-hydrogen) atoms. The number of nitrogens with two attached hydrogens (primary N) is 1. The Morgan fingerprint density at radius 1 is 1.36 bits per heavy atom. The van der Waals surface area contributed by atoms with Crippen LogP contribution < -0.4 is 10.6 Å². The van der Waals surface area contributed by atoms with Gasteiger partial charge < -0.3 is 20.5 Å². The fourth-order valence-corrected chi connectivity index (χ4v) is 3.85. The number of nitriles is 1. The second kappa shape index (κ2) is 6.36. The highest BCUT2D eigenvalue weighted by atomic mass is 32.1. The van der Waals surface area contributed by atoms with Crippen LogP contribution in [0.25, 0.3) is 11.1 Å². The number of nitrogens with zero attached hydrogens (tertiary/aromatic N) is 2. The number of thiophene rings is 1. The van der Waals surface area contributed by atoms with Gasteiger partial charge in [0.15, 0.2) is 0 Å². The maximum absolute atomic E-state index is 9.71. The minimum absolute atomic E-state index is 0.0895. The van der Waals surface area contributed by atoms with Crippen LogP contribution in [0.1, 0.15) is 10.4 Å². The highest BCUT2D eigenvalue weighted by molar-refractivity contribution is 7.17. The van der Waals surface area contributed by atoms with Crippen LogP contribution in [-0.2, 0) is 11.3 Å². The summed E-state index contributed by atoms with van der Waals surface area (Å²) in [7, 11) is 0. The molecule has 1 saturated heterocycles. The molecule has 1 aromatic carbocycles. The summed E-state index contributed by atoms with van der Waals surface area (Å²) in [5.74, 6) is 0. The van der Waals surface area contributed by atoms with Crippen molar-refractivity contribution in [2.45, 2.75) is 6.61 Å². The maximum Gasteiger partial charge on any atom is 0.110 e. The van der Waals surface area contributed by atoms with E-state index in [1.807, 2.05) is 24.3 Å². The van der Waals surface area contributed by atoms with Gasteiger partial charge in [-0.05, 0) is 17.7 Å². The van der Waals surface area contributed by atoms with Gasteiger partial charge in [-0.1, -0.05) is 12.1 Å². The smallest absolute Gasteiger partial charge is 0.110 e. The third-order valence-electron chi connectivity index (χ3n) is 3.69. The quantitative estimate of drug-likeness (QED) is 0.849. The fourth-order valence-electron chi connectivity index (χ4n) is 2.67. The van der Waals surface area contributed by atoms with Crippen molar-refractivity contribution < 1.29 is 9.84 Å². The molecular weight excluding hydrogens is 298 g/mol. The van der Waals surface area contributed by atoms with Gasteiger partial charge in [0.1, 0.15) is 11.1 Å². The van der Waals surface area contributed by atoms with Crippen molar-refractivity contribution in [3.8, 4) is 17.2 Å². The zero-order valence-corrected chi connectivity index (χ0v) is 12.9. The predicted molar refractivity (Wildman–Crippen MR) is 87.8 cm³/mol. The number of ether oxygens (including phenoxy) is 1. The van der Waals surface area contributed by atoms with E-state index in [0.717, 1.165) is 34.1 Å². The highest BCUT2D eigenvalue weighted by Crippen LogP contribution is 2.42. The number of aliphatic hydroxyl groups excluding tert-OH is 1. The maximum atomic E-state index is 9.71. The monoisotopic (exact) mass is 315 g/mol. The number of aliphatic hydroxyl groups is 1. The lowest BCUT2D eigenvalue weighted by Gasteiger charge is -2.27. The van der Waals surface area contributed by atoms with Gasteiger partial charge in [0.25, 0.3) is 0 Å². The minimum Gasteiger partial charge on any atom is -0.399 e. The topological polar surface area (TPSA) is 82.5 Å². The first-order chi connectivity index (χ1) is 10.7. The molecular formula is C16H17N3O2S. The van der Waals surface area contributed by atoms with Gasteiger partial charge in [0, 0.05) is 29.2 Å². The largest absolute Gasteiger partial charge is 0.399 e. The van der Waals surface area contributed by atoms with Gasteiger partial charge in [0.05, 0.1) is 25.4 Å². The molecule has 0 aliphatic carbocycles. The fraction of sp³-hybridized carbons (Fsp3) is 0.312. The average molecular weight is 315 g/mol. The van der Waals surface area contributed by atoms with E-state index in [0.29, 0.717) is 24.5 Å². The second-order valence-electron chi connectivity index (χ2n) is 5.08. The van der Waals surface area contributed by atoms with E-state index >= 15 is 0 Å². The van der Waals surface area contributed by atoms with Gasteiger partial charge in [-0.15, -0.1) is 11.3 Å². The zero-order chi connectivity index (χ0) is 15.5. The van der Waals surface area contributed by atoms with Crippen molar-refractivity contribution >= 4 is 22.0 Å². The number of rotatable bonds is 3. The van der Waals surface area contributed by atoms with Crippen LogP contribution in [0.2, 0.25) is 0 Å². The van der Waals surface area contributed by atoms with Crippen molar-refractivity contribution in [3.05, 3.63) is 34.7 Å². The van der Waals surface area contributed by atoms with Crippen LogP contribution in [0.15, 0.2) is 24.3 Å². The molecule has 0 amide bonds. The summed E-state index contributed by atoms with van der Waals surface area (Å²) >= 11 is 1.47. The molecule has 1 aromatic heterocycles. The molecule has 1 aliphatic heterocycles. The van der Waals surface area contributed by atoms with Crippen LogP contribution in [0.4, 0.5) is 10.7 Å². The van der Waals surface area contributed by atoms with Gasteiger partial charge in [0.2, 0.25) is 0 Å². The van der Waals surface area contributed by atoms with Crippen LogP contribution in [0, 0.1) is 11.3 Å². The first kappa shape index (κ1) is 14.9. The van der Waals surface area contributed by atoms with Gasteiger partial charge in [-0.25, -0.2) is 0 Å². The zero-order valence-electron chi connectivity index (χ0n) is 12.1. The number of hydrogen-bond acceptors (Lipinski definition) is 6. The Hall–Kier alpha value is -2.07. The molecule has 5 nitrogen and oxygen atoms in total. The first-order valence-electron chi connectivity index (χ1n) is 7.10. The summed E-state index contributed by atoms with van der Waals surface area (Å²) in [6.07, 6.45) is 0. The Morgan fingerprint density at radius 2 is 2.14 bits per heavy atom. The number of morpholine rings is 1. The average Bonchev–Trinajstić information content (AvgIpc) is 2.94. The first-order valence-corrected chi connectivity index (χ1v) is 7.91. The lowest BCUT2D eigenvalue weighted by molar-refractivity contribution is 0.123. The molecule has 2 heterocycles. The highest BCUT2D eigenvalue weighted by Gasteiger charge is 2.24. The molecule has 0 spiro atoms. The van der Waals surface area contributed by atoms with E-state index < -0.39 is 0 Å². The van der Waals surface area contributed by atoms with Crippen molar-refractivity contribution in [3.63, 3.8) is 0 Å². The Kier molecular flexibility index (Phi) is 4.29. The molecule has 0 radical (unpaired) electrons. The SMILES string of the molecule is N#Cc1c(N2CCOCC2)sc(CO)c1-c1cccc(N)c1. The molecule has 3 rings (SSSR count). The summed E-state index contributed by atoms with van der Waals surface area (Å²) in [5.41, 5.74) is 8.78. The van der Waals surface area contributed by atoms with E-state index in [9.17, 15) is 10.4 Å². The summed E-state index contributed by atoms with van der Waals surface area (Å²) in [6.45, 7) is 2.75. The Labute approximate surface area is 133 Å². The molecule has 3 N–H and O–H groups in total. The Balaban J connectivity index is 2.13. The molecule has 114 valence electrons. The summed E-state index contributed by atoms with van der Waals surface area (Å²) in [6, 6.07) is 9.74. The van der Waals surface area contributed by atoms with Gasteiger partial charge >= 0.3 is 0 Å². The predicted octanol–water partition coefficient (Wildman–Crippen LogP) is 2.20. The normalized spacial score (nSPS) is 14.8. The molecule has 0 unspecified atom stereocenters. The van der Waals surface area contributed by atoms with Gasteiger partial charge in [-0.3, -0.25) is 0 Å². The van der Waals surface area contributed by atoms with Crippen LogP contribution in [0.3, 0.4) is 0 Å².